The smallest absolute Gasteiger partial charge is 0.0159 e. The zero-order valence-electron chi connectivity index (χ0n) is 27.7. The molecule has 0 spiro atoms. The minimum Gasteiger partial charge on any atom is -0.0616 e. The van der Waals surface area contributed by atoms with E-state index < -0.39 is 0 Å². The van der Waals surface area contributed by atoms with Crippen LogP contribution in [-0.2, 0) is 5.41 Å². The van der Waals surface area contributed by atoms with Gasteiger partial charge in [0.05, 0.1) is 0 Å². The van der Waals surface area contributed by atoms with Crippen molar-refractivity contribution in [3.8, 4) is 44.5 Å². The standard InChI is InChI=1S/C49H34/c1-49(2)43-24-12-23-38(48(43)47-37-18-6-5-14-32(37)27-28-44(47)49)34-16-11-17-35(30-34)45-39-19-7-9-21-41(39)46(42-22-10-8-20-40(42)45)36-26-25-31-13-3-4-15-33(31)29-36/h3-30H,1-2H3. The Labute approximate surface area is 286 Å². The fourth-order valence-corrected chi connectivity index (χ4v) is 8.73. The van der Waals surface area contributed by atoms with E-state index in [-0.39, 0.29) is 5.41 Å². The van der Waals surface area contributed by atoms with Crippen LogP contribution in [0, 0.1) is 0 Å². The third kappa shape index (κ3) is 4.11. The molecule has 0 saturated carbocycles. The number of fused-ring (bicyclic) bond motifs is 8. The normalized spacial score (nSPS) is 13.3. The Morgan fingerprint density at radius 2 is 0.816 bits per heavy atom. The Balaban J connectivity index is 1.23. The van der Waals surface area contributed by atoms with E-state index in [0.717, 1.165) is 0 Å². The van der Waals surface area contributed by atoms with Crippen LogP contribution in [0.4, 0.5) is 0 Å². The zero-order valence-corrected chi connectivity index (χ0v) is 27.7. The zero-order chi connectivity index (χ0) is 32.7. The van der Waals surface area contributed by atoms with Gasteiger partial charge in [-0.3, -0.25) is 0 Å². The molecule has 0 aromatic heterocycles. The van der Waals surface area contributed by atoms with Gasteiger partial charge in [0.15, 0.2) is 0 Å². The van der Waals surface area contributed by atoms with Crippen LogP contribution in [-0.4, -0.2) is 0 Å². The Kier molecular flexibility index (Phi) is 6.02. The summed E-state index contributed by atoms with van der Waals surface area (Å²) in [4.78, 5) is 0. The van der Waals surface area contributed by atoms with Crippen LogP contribution in [0.1, 0.15) is 25.0 Å². The minimum absolute atomic E-state index is 0.0761. The molecule has 49 heavy (non-hydrogen) atoms. The summed E-state index contributed by atoms with van der Waals surface area (Å²) in [5.74, 6) is 0. The average Bonchev–Trinajstić information content (AvgIpc) is 3.40. The maximum Gasteiger partial charge on any atom is 0.0159 e. The van der Waals surface area contributed by atoms with Crippen LogP contribution < -0.4 is 0 Å². The molecule has 1 aliphatic rings. The van der Waals surface area contributed by atoms with Crippen molar-refractivity contribution in [1.29, 1.82) is 0 Å². The van der Waals surface area contributed by atoms with Crippen molar-refractivity contribution in [1.82, 2.24) is 0 Å². The molecular formula is C49H34. The molecule has 0 atom stereocenters. The van der Waals surface area contributed by atoms with Crippen molar-refractivity contribution in [3.05, 3.63) is 181 Å². The van der Waals surface area contributed by atoms with E-state index >= 15 is 0 Å². The van der Waals surface area contributed by atoms with Crippen LogP contribution in [0.2, 0.25) is 0 Å². The Hall–Kier alpha value is -5.98. The van der Waals surface area contributed by atoms with E-state index in [0.29, 0.717) is 0 Å². The number of hydrogen-bond donors (Lipinski definition) is 0. The second-order valence-corrected chi connectivity index (χ2v) is 14.0. The lowest BCUT2D eigenvalue weighted by Gasteiger charge is -2.22. The Morgan fingerprint density at radius 1 is 0.306 bits per heavy atom. The molecule has 230 valence electrons. The first-order valence-electron chi connectivity index (χ1n) is 17.3. The van der Waals surface area contributed by atoms with Crippen LogP contribution in [0.15, 0.2) is 170 Å². The van der Waals surface area contributed by atoms with E-state index in [1.165, 1.54) is 98.7 Å². The number of hydrogen-bond acceptors (Lipinski definition) is 0. The summed E-state index contributed by atoms with van der Waals surface area (Å²) in [5, 5.41) is 10.3. The van der Waals surface area contributed by atoms with Crippen molar-refractivity contribution in [2.45, 2.75) is 19.3 Å². The molecule has 10 rings (SSSR count). The minimum atomic E-state index is -0.0761. The predicted octanol–water partition coefficient (Wildman–Crippen LogP) is 13.6. The maximum atomic E-state index is 2.43. The molecular weight excluding hydrogens is 589 g/mol. The van der Waals surface area contributed by atoms with Crippen LogP contribution in [0.5, 0.6) is 0 Å². The highest BCUT2D eigenvalue weighted by atomic mass is 14.4. The van der Waals surface area contributed by atoms with E-state index in [9.17, 15) is 0 Å². The molecule has 1 aliphatic carbocycles. The predicted molar refractivity (Wildman–Crippen MR) is 210 cm³/mol. The lowest BCUT2D eigenvalue weighted by Crippen LogP contribution is -2.14. The maximum absolute atomic E-state index is 2.43. The fourth-order valence-electron chi connectivity index (χ4n) is 8.73. The molecule has 0 bridgehead atoms. The summed E-state index contributed by atoms with van der Waals surface area (Å²) in [7, 11) is 0. The first-order chi connectivity index (χ1) is 24.1. The number of rotatable bonds is 3. The van der Waals surface area contributed by atoms with Gasteiger partial charge in [-0.1, -0.05) is 172 Å². The summed E-state index contributed by atoms with van der Waals surface area (Å²) < 4.78 is 0. The van der Waals surface area contributed by atoms with Gasteiger partial charge in [-0.05, 0) is 111 Å². The third-order valence-corrected chi connectivity index (χ3v) is 11.0. The van der Waals surface area contributed by atoms with Gasteiger partial charge in [0.2, 0.25) is 0 Å². The summed E-state index contributed by atoms with van der Waals surface area (Å²) >= 11 is 0. The lowest BCUT2D eigenvalue weighted by atomic mass is 9.81. The van der Waals surface area contributed by atoms with Crippen LogP contribution in [0.25, 0.3) is 87.6 Å². The molecule has 0 heterocycles. The van der Waals surface area contributed by atoms with Gasteiger partial charge in [0, 0.05) is 5.41 Å². The van der Waals surface area contributed by atoms with E-state index in [1.54, 1.807) is 0 Å². The quantitative estimate of drug-likeness (QED) is 0.172. The van der Waals surface area contributed by atoms with Gasteiger partial charge in [0.25, 0.3) is 0 Å². The summed E-state index contributed by atoms with van der Waals surface area (Å²) in [6.45, 7) is 4.75. The topological polar surface area (TPSA) is 0 Å². The summed E-state index contributed by atoms with van der Waals surface area (Å²) in [5.41, 5.74) is 13.1. The lowest BCUT2D eigenvalue weighted by molar-refractivity contribution is 0.661. The molecule has 0 amide bonds. The van der Waals surface area contributed by atoms with Crippen molar-refractivity contribution >= 4 is 43.1 Å². The largest absolute Gasteiger partial charge is 0.0616 e. The molecule has 0 nitrogen and oxygen atoms in total. The van der Waals surface area contributed by atoms with Gasteiger partial charge in [-0.15, -0.1) is 0 Å². The van der Waals surface area contributed by atoms with Gasteiger partial charge >= 0.3 is 0 Å². The molecule has 9 aromatic rings. The average molecular weight is 623 g/mol. The molecule has 0 fully saturated rings. The van der Waals surface area contributed by atoms with E-state index in [2.05, 4.69) is 184 Å². The van der Waals surface area contributed by atoms with Crippen LogP contribution >= 0.6 is 0 Å². The second kappa shape index (κ2) is 10.5. The highest BCUT2D eigenvalue weighted by molar-refractivity contribution is 6.22. The van der Waals surface area contributed by atoms with Gasteiger partial charge in [-0.25, -0.2) is 0 Å². The molecule has 9 aromatic carbocycles. The van der Waals surface area contributed by atoms with E-state index in [4.69, 9.17) is 0 Å². The Morgan fingerprint density at radius 3 is 1.51 bits per heavy atom. The molecule has 0 radical (unpaired) electrons. The monoisotopic (exact) mass is 622 g/mol. The highest BCUT2D eigenvalue weighted by Gasteiger charge is 2.37. The van der Waals surface area contributed by atoms with Gasteiger partial charge < -0.3 is 0 Å². The summed E-state index contributed by atoms with van der Waals surface area (Å²) in [6.07, 6.45) is 0. The molecule has 0 heteroatoms. The second-order valence-electron chi connectivity index (χ2n) is 14.0. The molecule has 0 saturated heterocycles. The summed E-state index contributed by atoms with van der Waals surface area (Å²) in [6, 6.07) is 63.1. The molecule has 0 unspecified atom stereocenters. The molecule has 0 aliphatic heterocycles. The van der Waals surface area contributed by atoms with Crippen molar-refractivity contribution in [2.24, 2.45) is 0 Å². The van der Waals surface area contributed by atoms with Crippen LogP contribution in [0.3, 0.4) is 0 Å². The van der Waals surface area contributed by atoms with Gasteiger partial charge in [-0.2, -0.15) is 0 Å². The fraction of sp³-hybridized carbons (Fsp3) is 0.0612. The van der Waals surface area contributed by atoms with Gasteiger partial charge in [0.1, 0.15) is 0 Å². The SMILES string of the molecule is CC1(C)c2cccc(-c3cccc(-c4c5ccccc5c(-c5ccc6ccccc6c5)c5ccccc45)c3)c2-c2c1ccc1ccccc21. The number of benzene rings is 9. The van der Waals surface area contributed by atoms with Crippen molar-refractivity contribution in [2.75, 3.05) is 0 Å². The Bertz CT molecular complexity index is 2740. The third-order valence-electron chi connectivity index (χ3n) is 11.0. The van der Waals surface area contributed by atoms with E-state index in [1.807, 2.05) is 0 Å². The molecule has 0 N–H and O–H groups in total. The first-order valence-corrected chi connectivity index (χ1v) is 17.3. The first kappa shape index (κ1) is 28.1. The van der Waals surface area contributed by atoms with Crippen molar-refractivity contribution in [3.63, 3.8) is 0 Å². The van der Waals surface area contributed by atoms with Crippen molar-refractivity contribution < 1.29 is 0 Å². The highest BCUT2D eigenvalue weighted by Crippen LogP contribution is 2.54.